The van der Waals surface area contributed by atoms with Gasteiger partial charge < -0.3 is 5.73 Å². The lowest BCUT2D eigenvalue weighted by atomic mass is 10.3. The lowest BCUT2D eigenvalue weighted by molar-refractivity contribution is 1.10. The number of aromatic amines is 1. The van der Waals surface area contributed by atoms with E-state index in [-0.39, 0.29) is 0 Å². The molecule has 0 bridgehead atoms. The molecular formula is C6H7N3S. The minimum absolute atomic E-state index is 0.509. The number of aromatic nitrogens is 2. The van der Waals surface area contributed by atoms with E-state index >= 15 is 0 Å². The minimum atomic E-state index is 0.509. The molecule has 0 fully saturated rings. The predicted octanol–water partition coefficient (Wildman–Crippen LogP) is 0.273. The van der Waals surface area contributed by atoms with Crippen LogP contribution in [0.4, 0.5) is 5.82 Å². The Balaban J connectivity index is 2.84. The molecule has 1 aromatic rings. The van der Waals surface area contributed by atoms with Gasteiger partial charge in [-0.3, -0.25) is 5.10 Å². The highest BCUT2D eigenvalue weighted by Crippen LogP contribution is 2.01. The summed E-state index contributed by atoms with van der Waals surface area (Å²) in [5, 5.41) is 6.28. The standard InChI is InChI=1S/C6H7N3S/c7-6-5(2-1-3-10)4-8-9-6/h4,10H,3H2,(H3,7,8,9). The summed E-state index contributed by atoms with van der Waals surface area (Å²) in [4.78, 5) is 0. The topological polar surface area (TPSA) is 54.7 Å². The summed E-state index contributed by atoms with van der Waals surface area (Å²) in [6, 6.07) is 0. The average Bonchev–Trinajstić information content (AvgIpc) is 2.31. The van der Waals surface area contributed by atoms with E-state index in [4.69, 9.17) is 5.73 Å². The fourth-order valence-corrected chi connectivity index (χ4v) is 0.610. The maximum atomic E-state index is 5.44. The number of nitrogens with one attached hydrogen (secondary N) is 1. The van der Waals surface area contributed by atoms with Crippen molar-refractivity contribution in [2.75, 3.05) is 11.5 Å². The van der Waals surface area contributed by atoms with Crippen LogP contribution in [0.2, 0.25) is 0 Å². The van der Waals surface area contributed by atoms with Crippen LogP contribution in [0.5, 0.6) is 0 Å². The van der Waals surface area contributed by atoms with Gasteiger partial charge in [0.25, 0.3) is 0 Å². The summed E-state index contributed by atoms with van der Waals surface area (Å²) >= 11 is 3.92. The zero-order valence-electron chi connectivity index (χ0n) is 5.26. The first-order valence-corrected chi connectivity index (χ1v) is 3.36. The molecule has 1 heterocycles. The Morgan fingerprint density at radius 1 is 1.80 bits per heavy atom. The first-order valence-electron chi connectivity index (χ1n) is 2.73. The van der Waals surface area contributed by atoms with E-state index in [0.717, 1.165) is 5.56 Å². The molecule has 0 aliphatic carbocycles. The van der Waals surface area contributed by atoms with Crippen molar-refractivity contribution in [1.29, 1.82) is 0 Å². The van der Waals surface area contributed by atoms with Crippen LogP contribution in [-0.4, -0.2) is 16.0 Å². The van der Waals surface area contributed by atoms with E-state index in [2.05, 4.69) is 34.7 Å². The van der Waals surface area contributed by atoms with E-state index in [1.165, 1.54) is 0 Å². The summed E-state index contributed by atoms with van der Waals surface area (Å²) in [6.45, 7) is 0. The van der Waals surface area contributed by atoms with E-state index in [1.807, 2.05) is 0 Å². The van der Waals surface area contributed by atoms with Crippen LogP contribution in [0.25, 0.3) is 0 Å². The second-order valence-corrected chi connectivity index (χ2v) is 1.97. The van der Waals surface area contributed by atoms with Crippen LogP contribution in [-0.2, 0) is 0 Å². The average molecular weight is 153 g/mol. The molecule has 0 saturated carbocycles. The number of anilines is 1. The molecule has 0 aliphatic heterocycles. The third-order valence-electron chi connectivity index (χ3n) is 0.971. The van der Waals surface area contributed by atoms with E-state index in [9.17, 15) is 0 Å². The molecule has 4 heteroatoms. The molecule has 10 heavy (non-hydrogen) atoms. The number of nitrogen functional groups attached to an aromatic ring is 1. The zero-order valence-corrected chi connectivity index (χ0v) is 6.15. The number of hydrogen-bond donors (Lipinski definition) is 3. The van der Waals surface area contributed by atoms with Gasteiger partial charge in [0.15, 0.2) is 0 Å². The normalized spacial score (nSPS) is 8.50. The fourth-order valence-electron chi connectivity index (χ4n) is 0.530. The van der Waals surface area contributed by atoms with Gasteiger partial charge in [-0.05, 0) is 0 Å². The third-order valence-corrected chi connectivity index (χ3v) is 1.13. The van der Waals surface area contributed by atoms with Crippen LogP contribution >= 0.6 is 12.6 Å². The molecule has 1 aromatic heterocycles. The molecule has 0 unspecified atom stereocenters. The van der Waals surface area contributed by atoms with Crippen molar-refractivity contribution in [3.8, 4) is 11.8 Å². The van der Waals surface area contributed by atoms with Crippen molar-refractivity contribution in [2.24, 2.45) is 0 Å². The molecular weight excluding hydrogens is 146 g/mol. The van der Waals surface area contributed by atoms with Crippen LogP contribution in [0.15, 0.2) is 6.20 Å². The SMILES string of the molecule is Nc1[nH]ncc1C#CCS. The molecule has 0 atom stereocenters. The van der Waals surface area contributed by atoms with Gasteiger partial charge in [0, 0.05) is 0 Å². The summed E-state index contributed by atoms with van der Waals surface area (Å²) < 4.78 is 0. The highest BCUT2D eigenvalue weighted by molar-refractivity contribution is 7.80. The first kappa shape index (κ1) is 7.03. The lowest BCUT2D eigenvalue weighted by Gasteiger charge is -1.81. The smallest absolute Gasteiger partial charge is 0.134 e. The van der Waals surface area contributed by atoms with Crippen molar-refractivity contribution in [3.05, 3.63) is 11.8 Å². The number of hydrogen-bond acceptors (Lipinski definition) is 3. The first-order chi connectivity index (χ1) is 4.84. The van der Waals surface area contributed by atoms with Crippen molar-refractivity contribution in [1.82, 2.24) is 10.2 Å². The van der Waals surface area contributed by atoms with E-state index < -0.39 is 0 Å². The quantitative estimate of drug-likeness (QED) is 0.370. The van der Waals surface area contributed by atoms with Crippen LogP contribution in [0.1, 0.15) is 5.56 Å². The molecule has 0 aromatic carbocycles. The summed E-state index contributed by atoms with van der Waals surface area (Å²) in [6.07, 6.45) is 1.59. The maximum absolute atomic E-state index is 5.44. The molecule has 3 nitrogen and oxygen atoms in total. The monoisotopic (exact) mass is 153 g/mol. The molecule has 1 rings (SSSR count). The van der Waals surface area contributed by atoms with Crippen LogP contribution in [0, 0.1) is 11.8 Å². The number of rotatable bonds is 0. The molecule has 0 saturated heterocycles. The Labute approximate surface area is 64.4 Å². The maximum Gasteiger partial charge on any atom is 0.134 e. The van der Waals surface area contributed by atoms with Gasteiger partial charge in [-0.25, -0.2) is 0 Å². The van der Waals surface area contributed by atoms with Gasteiger partial charge >= 0.3 is 0 Å². The van der Waals surface area contributed by atoms with Gasteiger partial charge in [-0.15, -0.1) is 0 Å². The predicted molar refractivity (Wildman–Crippen MR) is 43.7 cm³/mol. The third kappa shape index (κ3) is 1.45. The van der Waals surface area contributed by atoms with E-state index in [0.29, 0.717) is 11.6 Å². The Morgan fingerprint density at radius 2 is 2.60 bits per heavy atom. The number of nitrogens with two attached hydrogens (primary N) is 1. The van der Waals surface area contributed by atoms with Crippen molar-refractivity contribution < 1.29 is 0 Å². The lowest BCUT2D eigenvalue weighted by Crippen LogP contribution is -1.86. The van der Waals surface area contributed by atoms with Crippen LogP contribution < -0.4 is 5.73 Å². The fraction of sp³-hybridized carbons (Fsp3) is 0.167. The molecule has 0 spiro atoms. The van der Waals surface area contributed by atoms with Gasteiger partial charge in [-0.1, -0.05) is 11.8 Å². The van der Waals surface area contributed by atoms with Gasteiger partial charge in [0.05, 0.1) is 17.5 Å². The largest absolute Gasteiger partial charge is 0.383 e. The second kappa shape index (κ2) is 3.18. The Hall–Kier alpha value is -1.08. The Kier molecular flexibility index (Phi) is 2.24. The molecule has 0 aliphatic rings. The molecule has 52 valence electrons. The van der Waals surface area contributed by atoms with Crippen molar-refractivity contribution in [2.45, 2.75) is 0 Å². The molecule has 3 N–H and O–H groups in total. The van der Waals surface area contributed by atoms with E-state index in [1.54, 1.807) is 6.20 Å². The van der Waals surface area contributed by atoms with Crippen molar-refractivity contribution >= 4 is 18.4 Å². The number of thiol groups is 1. The Morgan fingerprint density at radius 3 is 3.10 bits per heavy atom. The van der Waals surface area contributed by atoms with Crippen LogP contribution in [0.3, 0.4) is 0 Å². The number of nitrogens with zero attached hydrogens (tertiary/aromatic N) is 1. The minimum Gasteiger partial charge on any atom is -0.383 e. The highest BCUT2D eigenvalue weighted by atomic mass is 32.1. The summed E-state index contributed by atoms with van der Waals surface area (Å²) in [5.41, 5.74) is 6.17. The highest BCUT2D eigenvalue weighted by Gasteiger charge is 1.93. The Bertz CT molecular complexity index is 268. The van der Waals surface area contributed by atoms with Gasteiger partial charge in [0.2, 0.25) is 0 Å². The van der Waals surface area contributed by atoms with Crippen molar-refractivity contribution in [3.63, 3.8) is 0 Å². The molecule has 0 amide bonds. The van der Waals surface area contributed by atoms with Gasteiger partial charge in [0.1, 0.15) is 5.82 Å². The zero-order chi connectivity index (χ0) is 7.40. The summed E-state index contributed by atoms with van der Waals surface area (Å²) in [5.74, 6) is 6.60. The second-order valence-electron chi connectivity index (χ2n) is 1.66. The number of H-pyrrole nitrogens is 1. The molecule has 0 radical (unpaired) electrons. The summed E-state index contributed by atoms with van der Waals surface area (Å²) in [7, 11) is 0. The van der Waals surface area contributed by atoms with Gasteiger partial charge in [-0.2, -0.15) is 17.7 Å².